The van der Waals surface area contributed by atoms with E-state index >= 15 is 0 Å². The second-order valence-electron chi connectivity index (χ2n) is 9.03. The summed E-state index contributed by atoms with van der Waals surface area (Å²) in [4.78, 5) is 15.1. The van der Waals surface area contributed by atoms with Crippen molar-refractivity contribution in [3.8, 4) is 11.1 Å². The van der Waals surface area contributed by atoms with E-state index in [4.69, 9.17) is 0 Å². The summed E-state index contributed by atoms with van der Waals surface area (Å²) in [6.45, 7) is 3.02. The highest BCUT2D eigenvalue weighted by atomic mass is 32.2. The maximum absolute atomic E-state index is 14.4. The second-order valence-corrected chi connectivity index (χ2v) is 10.8. The minimum atomic E-state index is -3.31. The summed E-state index contributed by atoms with van der Waals surface area (Å²) in [5.41, 5.74) is 1.22. The van der Waals surface area contributed by atoms with Gasteiger partial charge >= 0.3 is 0 Å². The van der Waals surface area contributed by atoms with Crippen LogP contribution in [0.15, 0.2) is 42.5 Å². The standard InChI is InChI=1S/C24H28F2N2O3S/c1-15-14-28(12-6-11-22(15)27-32(2,30)31)24(29)19-13-18(19)16-7-3-4-8-17(16)23-20(25)9-5-10-21(23)26/h3-5,7-10,15,18-19,22,27H,6,11-14H2,1-2H3. The van der Waals surface area contributed by atoms with Crippen LogP contribution in [0.4, 0.5) is 8.78 Å². The molecule has 1 amide bonds. The highest BCUT2D eigenvalue weighted by molar-refractivity contribution is 7.88. The lowest BCUT2D eigenvalue weighted by molar-refractivity contribution is -0.133. The fraction of sp³-hybridized carbons (Fsp3) is 0.458. The molecule has 0 radical (unpaired) electrons. The van der Waals surface area contributed by atoms with Crippen molar-refractivity contribution in [3.63, 3.8) is 0 Å². The summed E-state index contributed by atoms with van der Waals surface area (Å²) in [6.07, 6.45) is 3.19. The minimum Gasteiger partial charge on any atom is -0.342 e. The van der Waals surface area contributed by atoms with Gasteiger partial charge in [0, 0.05) is 25.0 Å². The first-order chi connectivity index (χ1) is 15.2. The Morgan fingerprint density at radius 3 is 2.47 bits per heavy atom. The highest BCUT2D eigenvalue weighted by Crippen LogP contribution is 2.51. The number of benzene rings is 2. The lowest BCUT2D eigenvalue weighted by atomic mass is 9.95. The first-order valence-corrected chi connectivity index (χ1v) is 12.8. The Morgan fingerprint density at radius 1 is 1.09 bits per heavy atom. The van der Waals surface area contributed by atoms with E-state index in [0.717, 1.165) is 18.2 Å². The van der Waals surface area contributed by atoms with Gasteiger partial charge in [0.25, 0.3) is 0 Å². The van der Waals surface area contributed by atoms with Crippen LogP contribution in [0.25, 0.3) is 11.1 Å². The van der Waals surface area contributed by atoms with Crippen molar-refractivity contribution in [1.82, 2.24) is 9.62 Å². The van der Waals surface area contributed by atoms with E-state index in [0.29, 0.717) is 31.5 Å². The van der Waals surface area contributed by atoms with Gasteiger partial charge in [-0.3, -0.25) is 4.79 Å². The first-order valence-electron chi connectivity index (χ1n) is 10.9. The Bertz CT molecular complexity index is 1100. The van der Waals surface area contributed by atoms with Crippen LogP contribution in [0.3, 0.4) is 0 Å². The van der Waals surface area contributed by atoms with Crippen molar-refractivity contribution in [2.24, 2.45) is 11.8 Å². The number of sulfonamides is 1. The van der Waals surface area contributed by atoms with Crippen LogP contribution in [-0.4, -0.2) is 44.6 Å². The predicted octanol–water partition coefficient (Wildman–Crippen LogP) is 3.91. The fourth-order valence-corrected chi connectivity index (χ4v) is 5.75. The van der Waals surface area contributed by atoms with Crippen molar-refractivity contribution in [2.75, 3.05) is 19.3 Å². The molecule has 2 aromatic rings. The lowest BCUT2D eigenvalue weighted by Gasteiger charge is -2.26. The largest absolute Gasteiger partial charge is 0.342 e. The third-order valence-corrected chi connectivity index (χ3v) is 7.25. The van der Waals surface area contributed by atoms with Crippen LogP contribution in [0.1, 0.15) is 37.7 Å². The van der Waals surface area contributed by atoms with Gasteiger partial charge in [-0.15, -0.1) is 0 Å². The van der Waals surface area contributed by atoms with E-state index in [9.17, 15) is 22.0 Å². The van der Waals surface area contributed by atoms with Gasteiger partial charge in [0.2, 0.25) is 15.9 Å². The maximum Gasteiger partial charge on any atom is 0.226 e. The SMILES string of the molecule is CC1CN(C(=O)C2CC2c2ccccc2-c2c(F)cccc2F)CCCC1NS(C)(=O)=O. The number of amides is 1. The Morgan fingerprint density at radius 2 is 1.78 bits per heavy atom. The third-order valence-electron chi connectivity index (χ3n) is 6.52. The van der Waals surface area contributed by atoms with Gasteiger partial charge in [-0.05, 0) is 54.4 Å². The van der Waals surface area contributed by atoms with Crippen molar-refractivity contribution in [3.05, 3.63) is 59.7 Å². The quantitative estimate of drug-likeness (QED) is 0.733. The Hall–Kier alpha value is -2.32. The molecule has 5 nitrogen and oxygen atoms in total. The lowest BCUT2D eigenvalue weighted by Crippen LogP contribution is -2.42. The number of nitrogens with one attached hydrogen (secondary N) is 1. The molecule has 0 spiro atoms. The molecule has 4 unspecified atom stereocenters. The smallest absolute Gasteiger partial charge is 0.226 e. The number of carbonyl (C=O) groups excluding carboxylic acids is 1. The molecule has 1 aliphatic heterocycles. The minimum absolute atomic E-state index is 0.00632. The highest BCUT2D eigenvalue weighted by Gasteiger charge is 2.47. The summed E-state index contributed by atoms with van der Waals surface area (Å²) >= 11 is 0. The van der Waals surface area contributed by atoms with Crippen molar-refractivity contribution < 1.29 is 22.0 Å². The van der Waals surface area contributed by atoms with E-state index in [1.54, 1.807) is 12.1 Å². The second kappa shape index (κ2) is 8.90. The molecule has 2 aromatic carbocycles. The molecular formula is C24H28F2N2O3S. The molecule has 8 heteroatoms. The summed E-state index contributed by atoms with van der Waals surface area (Å²) < 4.78 is 54.8. The van der Waals surface area contributed by atoms with Crippen LogP contribution >= 0.6 is 0 Å². The summed E-state index contributed by atoms with van der Waals surface area (Å²) in [6, 6.07) is 10.7. The van der Waals surface area contributed by atoms with E-state index in [2.05, 4.69) is 4.72 Å². The number of nitrogens with zero attached hydrogens (tertiary/aromatic N) is 1. The summed E-state index contributed by atoms with van der Waals surface area (Å²) in [7, 11) is -3.31. The number of rotatable bonds is 5. The zero-order valence-electron chi connectivity index (χ0n) is 18.2. The van der Waals surface area contributed by atoms with Gasteiger partial charge in [-0.2, -0.15) is 0 Å². The Kier molecular flexibility index (Phi) is 6.36. The van der Waals surface area contributed by atoms with Crippen LogP contribution in [-0.2, 0) is 14.8 Å². The molecule has 4 rings (SSSR count). The summed E-state index contributed by atoms with van der Waals surface area (Å²) in [5.74, 6) is -1.52. The molecule has 1 heterocycles. The molecule has 4 atom stereocenters. The molecule has 2 fully saturated rings. The van der Waals surface area contributed by atoms with Gasteiger partial charge in [0.1, 0.15) is 11.6 Å². The predicted molar refractivity (Wildman–Crippen MR) is 119 cm³/mol. The molecule has 1 saturated heterocycles. The number of carbonyl (C=O) groups is 1. The Labute approximate surface area is 187 Å². The van der Waals surface area contributed by atoms with Crippen LogP contribution < -0.4 is 4.72 Å². The van der Waals surface area contributed by atoms with Gasteiger partial charge in [-0.1, -0.05) is 37.3 Å². The van der Waals surface area contributed by atoms with Crippen LogP contribution in [0.2, 0.25) is 0 Å². The van der Waals surface area contributed by atoms with Crippen LogP contribution in [0, 0.1) is 23.5 Å². The molecule has 0 bridgehead atoms. The van der Waals surface area contributed by atoms with E-state index < -0.39 is 21.7 Å². The van der Waals surface area contributed by atoms with E-state index in [-0.39, 0.29) is 35.3 Å². The van der Waals surface area contributed by atoms with Crippen molar-refractivity contribution >= 4 is 15.9 Å². The molecule has 1 saturated carbocycles. The molecule has 1 aliphatic carbocycles. The Balaban J connectivity index is 1.51. The third kappa shape index (κ3) is 4.86. The average Bonchev–Trinajstić information content (AvgIpc) is 3.53. The number of halogens is 2. The molecule has 2 aliphatic rings. The van der Waals surface area contributed by atoms with Gasteiger partial charge < -0.3 is 4.90 Å². The molecule has 172 valence electrons. The number of likely N-dealkylation sites (tertiary alicyclic amines) is 1. The first kappa shape index (κ1) is 22.9. The average molecular weight is 463 g/mol. The zero-order chi connectivity index (χ0) is 23.0. The summed E-state index contributed by atoms with van der Waals surface area (Å²) in [5, 5.41) is 0. The van der Waals surface area contributed by atoms with Gasteiger partial charge in [0.05, 0.1) is 11.8 Å². The normalized spacial score (nSPS) is 25.9. The van der Waals surface area contributed by atoms with Gasteiger partial charge in [-0.25, -0.2) is 21.9 Å². The van der Waals surface area contributed by atoms with Crippen LogP contribution in [0.5, 0.6) is 0 Å². The van der Waals surface area contributed by atoms with E-state index in [1.165, 1.54) is 18.2 Å². The van der Waals surface area contributed by atoms with Gasteiger partial charge in [0.15, 0.2) is 0 Å². The van der Waals surface area contributed by atoms with Crippen molar-refractivity contribution in [2.45, 2.75) is 38.1 Å². The fourth-order valence-electron chi connectivity index (χ4n) is 4.85. The van der Waals surface area contributed by atoms with Crippen molar-refractivity contribution in [1.29, 1.82) is 0 Å². The molecule has 0 aromatic heterocycles. The number of hydrogen-bond acceptors (Lipinski definition) is 3. The molecular weight excluding hydrogens is 434 g/mol. The molecule has 1 N–H and O–H groups in total. The molecule has 32 heavy (non-hydrogen) atoms. The zero-order valence-corrected chi connectivity index (χ0v) is 19.0. The topological polar surface area (TPSA) is 66.5 Å². The maximum atomic E-state index is 14.4. The van der Waals surface area contributed by atoms with E-state index in [1.807, 2.05) is 24.0 Å². The monoisotopic (exact) mass is 462 g/mol. The number of hydrogen-bond donors (Lipinski definition) is 1.